The highest BCUT2D eigenvalue weighted by Crippen LogP contribution is 2.31. The maximum atomic E-state index is 12.3. The first-order chi connectivity index (χ1) is 11.5. The third-order valence-electron chi connectivity index (χ3n) is 3.54. The number of rotatable bonds is 4. The van der Waals surface area contributed by atoms with Crippen molar-refractivity contribution < 1.29 is 9.59 Å². The summed E-state index contributed by atoms with van der Waals surface area (Å²) < 4.78 is 0. The Morgan fingerprint density at radius 3 is 2.92 bits per heavy atom. The molecule has 1 aromatic carbocycles. The van der Waals surface area contributed by atoms with Gasteiger partial charge in [0.2, 0.25) is 16.9 Å². The van der Waals surface area contributed by atoms with Crippen molar-refractivity contribution in [3.05, 3.63) is 41.4 Å². The summed E-state index contributed by atoms with van der Waals surface area (Å²) in [5.41, 5.74) is 1.75. The van der Waals surface area contributed by atoms with Crippen LogP contribution in [0.2, 0.25) is 0 Å². The molecule has 1 unspecified atom stereocenters. The summed E-state index contributed by atoms with van der Waals surface area (Å²) in [4.78, 5) is 34.5. The Hall–Kier alpha value is -2.19. The van der Waals surface area contributed by atoms with Gasteiger partial charge in [-0.2, -0.15) is 4.99 Å². The number of amides is 2. The van der Waals surface area contributed by atoms with E-state index in [0.29, 0.717) is 10.3 Å². The number of carbonyl (C=O) groups excluding carboxylic acids is 2. The number of benzene rings is 1. The normalized spacial score (nSPS) is 19.1. The first-order valence-corrected chi connectivity index (χ1v) is 9.08. The number of carbonyl (C=O) groups is 2. The zero-order valence-corrected chi connectivity index (χ0v) is 14.9. The summed E-state index contributed by atoms with van der Waals surface area (Å²) in [7, 11) is 1.67. The van der Waals surface area contributed by atoms with E-state index in [4.69, 9.17) is 0 Å². The van der Waals surface area contributed by atoms with Crippen molar-refractivity contribution in [1.29, 1.82) is 0 Å². The van der Waals surface area contributed by atoms with Gasteiger partial charge in [0.15, 0.2) is 5.17 Å². The lowest BCUT2D eigenvalue weighted by Crippen LogP contribution is -2.30. The Balaban J connectivity index is 1.66. The van der Waals surface area contributed by atoms with Crippen LogP contribution in [0.4, 0.5) is 10.8 Å². The number of thiazole rings is 1. The highest BCUT2D eigenvalue weighted by Gasteiger charge is 2.37. The van der Waals surface area contributed by atoms with Gasteiger partial charge in [-0.1, -0.05) is 30.0 Å². The van der Waals surface area contributed by atoms with Crippen molar-refractivity contribution >= 4 is 50.9 Å². The van der Waals surface area contributed by atoms with Crippen LogP contribution in [0.25, 0.3) is 0 Å². The maximum absolute atomic E-state index is 12.3. The van der Waals surface area contributed by atoms with Gasteiger partial charge in [-0.3, -0.25) is 14.5 Å². The number of thioether (sulfide) groups is 1. The third-order valence-corrected chi connectivity index (χ3v) is 5.44. The summed E-state index contributed by atoms with van der Waals surface area (Å²) in [6.07, 6.45) is 1.78. The quantitative estimate of drug-likeness (QED) is 0.909. The van der Waals surface area contributed by atoms with E-state index >= 15 is 0 Å². The van der Waals surface area contributed by atoms with E-state index < -0.39 is 5.25 Å². The molecular formula is C16H16N4O2S2. The highest BCUT2D eigenvalue weighted by atomic mass is 32.2. The topological polar surface area (TPSA) is 74.7 Å². The number of amidine groups is 1. The Morgan fingerprint density at radius 1 is 1.42 bits per heavy atom. The predicted octanol–water partition coefficient (Wildman–Crippen LogP) is 3.04. The average molecular weight is 360 g/mol. The molecule has 0 saturated carbocycles. The first kappa shape index (κ1) is 16.7. The molecule has 0 aliphatic carbocycles. The van der Waals surface area contributed by atoms with Crippen molar-refractivity contribution in [2.24, 2.45) is 4.99 Å². The van der Waals surface area contributed by atoms with E-state index in [1.54, 1.807) is 13.2 Å². The summed E-state index contributed by atoms with van der Waals surface area (Å²) >= 11 is 2.70. The molecule has 2 heterocycles. The molecule has 1 atom stereocenters. The number of nitrogens with zero attached hydrogens (tertiary/aromatic N) is 3. The molecule has 0 bridgehead atoms. The number of aromatic nitrogens is 1. The van der Waals surface area contributed by atoms with E-state index in [9.17, 15) is 9.59 Å². The largest absolute Gasteiger partial charge is 0.326 e. The number of anilines is 1. The molecule has 2 aromatic rings. The van der Waals surface area contributed by atoms with E-state index in [1.165, 1.54) is 28.0 Å². The Kier molecular flexibility index (Phi) is 4.96. The van der Waals surface area contributed by atoms with E-state index in [2.05, 4.69) is 15.3 Å². The number of hydrogen-bond acceptors (Lipinski definition) is 6. The fourth-order valence-electron chi connectivity index (χ4n) is 2.23. The zero-order valence-electron chi connectivity index (χ0n) is 13.2. The van der Waals surface area contributed by atoms with Crippen LogP contribution in [0.1, 0.15) is 12.0 Å². The molecule has 1 saturated heterocycles. The Morgan fingerprint density at radius 2 is 2.21 bits per heavy atom. The second kappa shape index (κ2) is 7.14. The molecule has 24 heavy (non-hydrogen) atoms. The van der Waals surface area contributed by atoms with Crippen LogP contribution >= 0.6 is 23.1 Å². The minimum atomic E-state index is -0.460. The van der Waals surface area contributed by atoms with Gasteiger partial charge in [0.05, 0.1) is 0 Å². The smallest absolute Gasteiger partial charge is 0.242 e. The molecule has 1 fully saturated rings. The summed E-state index contributed by atoms with van der Waals surface area (Å²) in [5, 5.41) is 5.40. The van der Waals surface area contributed by atoms with Crippen LogP contribution in [0.15, 0.2) is 40.8 Å². The van der Waals surface area contributed by atoms with Crippen molar-refractivity contribution in [3.63, 3.8) is 0 Å². The molecule has 1 aliphatic heterocycles. The average Bonchev–Trinajstić information content (AvgIpc) is 3.15. The fourth-order valence-corrected chi connectivity index (χ4v) is 3.93. The maximum Gasteiger partial charge on any atom is 0.242 e. The number of aryl methyl sites for hydroxylation is 1. The second-order valence-electron chi connectivity index (χ2n) is 5.28. The minimum absolute atomic E-state index is 0.110. The van der Waals surface area contributed by atoms with E-state index in [0.717, 1.165) is 11.3 Å². The first-order valence-electron chi connectivity index (χ1n) is 7.32. The zero-order chi connectivity index (χ0) is 17.1. The molecule has 0 radical (unpaired) electrons. The number of nitrogens with one attached hydrogen (secondary N) is 1. The molecule has 3 rings (SSSR count). The van der Waals surface area contributed by atoms with Gasteiger partial charge < -0.3 is 5.32 Å². The molecule has 0 spiro atoms. The van der Waals surface area contributed by atoms with Gasteiger partial charge in [0, 0.05) is 30.7 Å². The van der Waals surface area contributed by atoms with Gasteiger partial charge in [-0.25, -0.2) is 4.98 Å². The fraction of sp³-hybridized carbons (Fsp3) is 0.250. The summed E-state index contributed by atoms with van der Waals surface area (Å²) in [6.45, 7) is 1.93. The van der Waals surface area contributed by atoms with Gasteiger partial charge in [0.1, 0.15) is 5.25 Å². The molecule has 6 nitrogen and oxygen atoms in total. The highest BCUT2D eigenvalue weighted by molar-refractivity contribution is 8.15. The van der Waals surface area contributed by atoms with Crippen LogP contribution in [-0.4, -0.2) is 39.2 Å². The lowest BCUT2D eigenvalue weighted by atomic mass is 10.2. The van der Waals surface area contributed by atoms with E-state index in [1.807, 2.05) is 36.6 Å². The Bertz CT molecular complexity index is 789. The van der Waals surface area contributed by atoms with Crippen molar-refractivity contribution in [1.82, 2.24) is 9.88 Å². The van der Waals surface area contributed by atoms with Gasteiger partial charge in [-0.15, -0.1) is 11.3 Å². The monoisotopic (exact) mass is 360 g/mol. The molecular weight excluding hydrogens is 344 g/mol. The second-order valence-corrected chi connectivity index (χ2v) is 7.32. The van der Waals surface area contributed by atoms with Crippen molar-refractivity contribution in [2.45, 2.75) is 18.6 Å². The third kappa shape index (κ3) is 3.65. The van der Waals surface area contributed by atoms with Crippen LogP contribution in [0.3, 0.4) is 0 Å². The van der Waals surface area contributed by atoms with Crippen molar-refractivity contribution in [2.75, 3.05) is 12.4 Å². The van der Waals surface area contributed by atoms with E-state index in [-0.39, 0.29) is 18.2 Å². The molecule has 1 aromatic heterocycles. The summed E-state index contributed by atoms with van der Waals surface area (Å²) in [6, 6.07) is 7.55. The molecule has 1 N–H and O–H groups in total. The van der Waals surface area contributed by atoms with Crippen LogP contribution in [0, 0.1) is 6.92 Å². The lowest BCUT2D eigenvalue weighted by molar-refractivity contribution is -0.127. The lowest BCUT2D eigenvalue weighted by Gasteiger charge is -2.10. The summed E-state index contributed by atoms with van der Waals surface area (Å²) in [5.74, 6) is -0.297. The molecule has 2 amide bonds. The number of aliphatic imine (C=N–C) groups is 1. The van der Waals surface area contributed by atoms with Crippen LogP contribution in [0.5, 0.6) is 0 Å². The van der Waals surface area contributed by atoms with Gasteiger partial charge in [-0.05, 0) is 18.6 Å². The van der Waals surface area contributed by atoms with Crippen LogP contribution in [-0.2, 0) is 9.59 Å². The SMILES string of the molecule is Cc1ccccc1NC(=O)CC1S/C(=N\c2nccs2)N(C)C1=O. The molecule has 1 aliphatic rings. The Labute approximate surface area is 148 Å². The van der Waals surface area contributed by atoms with Crippen molar-refractivity contribution in [3.8, 4) is 0 Å². The molecule has 124 valence electrons. The molecule has 8 heteroatoms. The standard InChI is InChI=1S/C16H16N4O2S2/c1-10-5-3-4-6-11(10)18-13(21)9-12-14(22)20(2)16(24-12)19-15-17-7-8-23-15/h3-8,12H,9H2,1-2H3,(H,18,21)/b19-16-. The number of hydrogen-bond donors (Lipinski definition) is 1. The van der Waals surface area contributed by atoms with Gasteiger partial charge in [0.25, 0.3) is 0 Å². The predicted molar refractivity (Wildman–Crippen MR) is 97.8 cm³/mol. The van der Waals surface area contributed by atoms with Crippen LogP contribution < -0.4 is 5.32 Å². The number of para-hydroxylation sites is 1. The minimum Gasteiger partial charge on any atom is -0.326 e. The van der Waals surface area contributed by atoms with Gasteiger partial charge >= 0.3 is 0 Å².